The third-order valence-electron chi connectivity index (χ3n) is 2.78. The Kier molecular flexibility index (Phi) is 5.95. The Morgan fingerprint density at radius 1 is 1.06 bits per heavy atom. The number of nitrogens with one attached hydrogen (secondary N) is 1. The van der Waals surface area contributed by atoms with Crippen LogP contribution in [0.5, 0.6) is 0 Å². The molecule has 1 heterocycles. The monoisotopic (exact) mass is 235 g/mol. The van der Waals surface area contributed by atoms with E-state index in [1.165, 1.54) is 36.9 Å². The number of hydrogen-bond donors (Lipinski definition) is 1. The molecule has 0 aliphatic heterocycles. The molecule has 1 aliphatic carbocycles. The van der Waals surface area contributed by atoms with Crippen molar-refractivity contribution in [3.63, 3.8) is 0 Å². The summed E-state index contributed by atoms with van der Waals surface area (Å²) in [7, 11) is 1.94. The quantitative estimate of drug-likeness (QED) is 0.757. The first kappa shape index (κ1) is 13.9. The molecule has 0 fully saturated rings. The number of nitrogens with zero attached hydrogens (tertiary/aromatic N) is 2. The van der Waals surface area contributed by atoms with Crippen LogP contribution >= 0.6 is 0 Å². The first-order chi connectivity index (χ1) is 8.22. The van der Waals surface area contributed by atoms with Crippen LogP contribution in [0.2, 0.25) is 0 Å². The van der Waals surface area contributed by atoms with Gasteiger partial charge in [0.15, 0.2) is 0 Å². The van der Waals surface area contributed by atoms with Crippen molar-refractivity contribution in [3.05, 3.63) is 17.1 Å². The van der Waals surface area contributed by atoms with E-state index in [9.17, 15) is 0 Å². The molecule has 1 aromatic heterocycles. The first-order valence-corrected chi connectivity index (χ1v) is 6.77. The molecule has 1 aliphatic rings. The topological polar surface area (TPSA) is 37.8 Å². The van der Waals surface area contributed by atoms with Crippen molar-refractivity contribution >= 4 is 5.82 Å². The zero-order valence-electron chi connectivity index (χ0n) is 11.6. The largest absolute Gasteiger partial charge is 0.373 e. The highest BCUT2D eigenvalue weighted by atomic mass is 15.0. The van der Waals surface area contributed by atoms with Crippen molar-refractivity contribution in [3.8, 4) is 0 Å². The fourth-order valence-corrected chi connectivity index (χ4v) is 2.10. The van der Waals surface area contributed by atoms with E-state index in [1.807, 2.05) is 14.0 Å². The molecule has 2 rings (SSSR count). The average molecular weight is 235 g/mol. The summed E-state index contributed by atoms with van der Waals surface area (Å²) in [6, 6.07) is 0. The van der Waals surface area contributed by atoms with Crippen LogP contribution < -0.4 is 5.32 Å². The highest BCUT2D eigenvalue weighted by Crippen LogP contribution is 2.24. The minimum Gasteiger partial charge on any atom is -0.373 e. The first-order valence-electron chi connectivity index (χ1n) is 6.77. The third kappa shape index (κ3) is 3.99. The Labute approximate surface area is 105 Å². The molecule has 3 nitrogen and oxygen atoms in total. The van der Waals surface area contributed by atoms with E-state index in [4.69, 9.17) is 0 Å². The third-order valence-corrected chi connectivity index (χ3v) is 2.78. The highest BCUT2D eigenvalue weighted by molar-refractivity contribution is 5.46. The Hall–Kier alpha value is -1.12. The summed E-state index contributed by atoms with van der Waals surface area (Å²) in [5.41, 5.74) is 2.61. The molecule has 0 spiro atoms. The fraction of sp³-hybridized carbons (Fsp3) is 0.714. The summed E-state index contributed by atoms with van der Waals surface area (Å²) in [6.45, 7) is 6.21. The number of rotatable bonds is 1. The van der Waals surface area contributed by atoms with Crippen LogP contribution in [0, 0.1) is 6.92 Å². The maximum absolute atomic E-state index is 4.53. The van der Waals surface area contributed by atoms with Gasteiger partial charge in [-0.25, -0.2) is 9.97 Å². The van der Waals surface area contributed by atoms with Crippen LogP contribution in [0.15, 0.2) is 0 Å². The van der Waals surface area contributed by atoms with Gasteiger partial charge in [-0.05, 0) is 32.6 Å². The molecule has 0 radical (unpaired) electrons. The molecule has 0 unspecified atom stereocenters. The Morgan fingerprint density at radius 3 is 2.35 bits per heavy atom. The molecule has 0 aromatic carbocycles. The van der Waals surface area contributed by atoms with E-state index in [0.29, 0.717) is 0 Å². The highest BCUT2D eigenvalue weighted by Gasteiger charge is 2.14. The molecule has 1 aromatic rings. The summed E-state index contributed by atoms with van der Waals surface area (Å²) in [6.07, 6.45) is 7.36. The summed E-state index contributed by atoms with van der Waals surface area (Å²) in [4.78, 5) is 8.96. The van der Waals surface area contributed by atoms with E-state index in [0.717, 1.165) is 24.5 Å². The van der Waals surface area contributed by atoms with Crippen LogP contribution in [0.4, 0.5) is 5.82 Å². The van der Waals surface area contributed by atoms with Crippen LogP contribution in [0.25, 0.3) is 0 Å². The van der Waals surface area contributed by atoms with E-state index >= 15 is 0 Å². The molecule has 0 atom stereocenters. The maximum Gasteiger partial charge on any atom is 0.132 e. The molecule has 96 valence electrons. The van der Waals surface area contributed by atoms with E-state index in [2.05, 4.69) is 29.1 Å². The van der Waals surface area contributed by atoms with Crippen molar-refractivity contribution < 1.29 is 0 Å². The van der Waals surface area contributed by atoms with Gasteiger partial charge in [0.1, 0.15) is 11.6 Å². The zero-order valence-corrected chi connectivity index (χ0v) is 11.6. The second-order valence-corrected chi connectivity index (χ2v) is 4.56. The molecule has 0 saturated carbocycles. The molecule has 17 heavy (non-hydrogen) atoms. The van der Waals surface area contributed by atoms with Gasteiger partial charge in [0.25, 0.3) is 0 Å². The molecule has 0 bridgehead atoms. The summed E-state index contributed by atoms with van der Waals surface area (Å²) >= 11 is 0. The Balaban J connectivity index is 0.000000437. The van der Waals surface area contributed by atoms with Gasteiger partial charge < -0.3 is 5.32 Å². The molecule has 0 saturated heterocycles. The van der Waals surface area contributed by atoms with Crippen molar-refractivity contribution in [1.82, 2.24) is 9.97 Å². The summed E-state index contributed by atoms with van der Waals surface area (Å²) < 4.78 is 0. The lowest BCUT2D eigenvalue weighted by atomic mass is 10.1. The SMILES string of the molecule is CCC.CNc1nc(C)nc2c1CCCCC2. The Morgan fingerprint density at radius 2 is 1.71 bits per heavy atom. The van der Waals surface area contributed by atoms with Crippen LogP contribution in [-0.2, 0) is 12.8 Å². The minimum atomic E-state index is 0.884. The predicted molar refractivity (Wildman–Crippen MR) is 73.5 cm³/mol. The van der Waals surface area contributed by atoms with Gasteiger partial charge in [-0.1, -0.05) is 26.7 Å². The predicted octanol–water partition coefficient (Wildman–Crippen LogP) is 3.51. The second-order valence-electron chi connectivity index (χ2n) is 4.56. The van der Waals surface area contributed by atoms with Gasteiger partial charge in [-0.2, -0.15) is 0 Å². The van der Waals surface area contributed by atoms with Crippen LogP contribution in [0.1, 0.15) is 56.6 Å². The van der Waals surface area contributed by atoms with Crippen molar-refractivity contribution in [1.29, 1.82) is 0 Å². The summed E-state index contributed by atoms with van der Waals surface area (Å²) in [5, 5.41) is 3.17. The van der Waals surface area contributed by atoms with Gasteiger partial charge in [0.05, 0.1) is 0 Å². The molecular formula is C14H25N3. The normalized spacial score (nSPS) is 14.1. The fourth-order valence-electron chi connectivity index (χ4n) is 2.10. The molecule has 1 N–H and O–H groups in total. The van der Waals surface area contributed by atoms with E-state index < -0.39 is 0 Å². The van der Waals surface area contributed by atoms with E-state index in [1.54, 1.807) is 0 Å². The zero-order chi connectivity index (χ0) is 12.7. The van der Waals surface area contributed by atoms with Gasteiger partial charge in [-0.3, -0.25) is 0 Å². The van der Waals surface area contributed by atoms with E-state index in [-0.39, 0.29) is 0 Å². The number of hydrogen-bond acceptors (Lipinski definition) is 3. The smallest absolute Gasteiger partial charge is 0.132 e. The van der Waals surface area contributed by atoms with Crippen molar-refractivity contribution in [2.75, 3.05) is 12.4 Å². The molecular weight excluding hydrogens is 210 g/mol. The lowest BCUT2D eigenvalue weighted by Gasteiger charge is -2.10. The van der Waals surface area contributed by atoms with Gasteiger partial charge in [-0.15, -0.1) is 0 Å². The standard InChI is InChI=1S/C11H17N3.C3H8/c1-8-13-10-7-5-3-4-6-9(10)11(12-2)14-8;1-3-2/h3-7H2,1-2H3,(H,12,13,14);3H2,1-2H3. The number of anilines is 1. The summed E-state index contributed by atoms with van der Waals surface area (Å²) in [5.74, 6) is 1.92. The van der Waals surface area contributed by atoms with Gasteiger partial charge in [0, 0.05) is 18.3 Å². The van der Waals surface area contributed by atoms with Crippen LogP contribution in [0.3, 0.4) is 0 Å². The minimum absolute atomic E-state index is 0.884. The maximum atomic E-state index is 4.53. The lowest BCUT2D eigenvalue weighted by Crippen LogP contribution is -2.06. The number of aryl methyl sites for hydroxylation is 2. The average Bonchev–Trinajstić information content (AvgIpc) is 2.54. The van der Waals surface area contributed by atoms with Crippen LogP contribution in [-0.4, -0.2) is 17.0 Å². The number of fused-ring (bicyclic) bond motifs is 1. The Bertz CT molecular complexity index is 348. The van der Waals surface area contributed by atoms with Gasteiger partial charge >= 0.3 is 0 Å². The van der Waals surface area contributed by atoms with Gasteiger partial charge in [0.2, 0.25) is 0 Å². The second kappa shape index (κ2) is 7.25. The lowest BCUT2D eigenvalue weighted by molar-refractivity contribution is 0.708. The van der Waals surface area contributed by atoms with Crippen molar-refractivity contribution in [2.24, 2.45) is 0 Å². The molecule has 3 heteroatoms. The number of aromatic nitrogens is 2. The molecule has 0 amide bonds. The van der Waals surface area contributed by atoms with Crippen molar-refractivity contribution in [2.45, 2.75) is 59.3 Å².